The van der Waals surface area contributed by atoms with Crippen LogP contribution >= 0.6 is 0 Å². The molecule has 0 aliphatic carbocycles. The fourth-order valence-electron chi connectivity index (χ4n) is 13.1. The molecule has 21 aliphatic heterocycles. The molecule has 35 nitrogen and oxygen atoms in total. The van der Waals surface area contributed by atoms with Gasteiger partial charge >= 0.3 is 0 Å². The van der Waals surface area contributed by atoms with Crippen LogP contribution in [0, 0.1) is 0 Å². The molecule has 21 fully saturated rings. The molecule has 0 aromatic carbocycles. The largest absolute Gasteiger partial charge is 0.387 e. The van der Waals surface area contributed by atoms with Gasteiger partial charge in [-0.15, -0.1) is 0 Å². The van der Waals surface area contributed by atoms with Crippen molar-refractivity contribution >= 4 is 0 Å². The number of ether oxygens (including phenoxy) is 28. The van der Waals surface area contributed by atoms with Crippen molar-refractivity contribution in [3.8, 4) is 0 Å². The smallest absolute Gasteiger partial charge is 0.187 e. The molecule has 21 rings (SSSR count). The van der Waals surface area contributed by atoms with Crippen LogP contribution in [0.3, 0.4) is 0 Å². The summed E-state index contributed by atoms with van der Waals surface area (Å²) in [4.78, 5) is 0. The highest BCUT2D eigenvalue weighted by Crippen LogP contribution is 2.41. The molecule has 0 aromatic rings. The van der Waals surface area contributed by atoms with Crippen LogP contribution in [0.2, 0.25) is 0 Å². The van der Waals surface area contributed by atoms with Crippen molar-refractivity contribution in [1.82, 2.24) is 0 Å². The Morgan fingerprint density at radius 3 is 0.385 bits per heavy atom. The van der Waals surface area contributed by atoms with E-state index in [0.29, 0.717) is 0 Å². The second kappa shape index (κ2) is 35.4. The molecule has 0 aromatic heterocycles. The van der Waals surface area contributed by atoms with E-state index in [4.69, 9.17) is 133 Å². The molecule has 7 N–H and O–H groups in total. The first-order valence-corrected chi connectivity index (χ1v) is 30.0. The lowest BCUT2D eigenvalue weighted by atomic mass is 9.95. The molecule has 35 atom stereocenters. The van der Waals surface area contributed by atoms with Crippen molar-refractivity contribution in [3.05, 3.63) is 0 Å². The zero-order chi connectivity index (χ0) is 66.0. The number of aliphatic hydroxyl groups is 7. The Morgan fingerprint density at radius 2 is 0.297 bits per heavy atom. The van der Waals surface area contributed by atoms with Crippen LogP contribution < -0.4 is 0 Å². The van der Waals surface area contributed by atoms with Crippen molar-refractivity contribution < 1.29 is 168 Å². The average Bonchev–Trinajstić information content (AvgIpc) is 0.842. The van der Waals surface area contributed by atoms with Gasteiger partial charge in [0.1, 0.15) is 171 Å². The Morgan fingerprint density at radius 1 is 0.187 bits per heavy atom. The predicted octanol–water partition coefficient (Wildman–Crippen LogP) is -6.07. The van der Waals surface area contributed by atoms with Crippen molar-refractivity contribution in [2.75, 3.05) is 146 Å². The van der Waals surface area contributed by atoms with Crippen molar-refractivity contribution in [3.63, 3.8) is 0 Å². The predicted molar refractivity (Wildman–Crippen MR) is 295 cm³/mol. The Kier molecular flexibility index (Phi) is 29.3. The van der Waals surface area contributed by atoms with Gasteiger partial charge in [0, 0.05) is 99.5 Å². The average molecular weight is 1330 g/mol. The lowest BCUT2D eigenvalue weighted by Gasteiger charge is -2.51. The minimum atomic E-state index is -1.62. The Labute approximate surface area is 528 Å². The molecule has 14 unspecified atom stereocenters. The standard InChI is InChI=1S/C56H98O35/c1-64-15-22-36-29(57)43(71-8)50(78-22)86-37-23(16-65-2)80-52(45(73-10)30(37)58)88-39-25(18-67-4)82-54(47(75-12)32(39)60)90-41-27(20-69-6)84-56(49(77-14)34(41)62)91-42-28(21-70-7)83-55(48(76-13)35(42)63)89-40-26(19-68-5)81-53(46(74-11)33(40)61)87-38-24(17-66-3)79-51(85-36)44(72-9)31(38)59/h22-63H,15-21H2,1-14H3/t22?,23?,24?,25?,26?,27?,28?,29-,30-,31-,32-,33-,34-,35-,36-,37-,38-,39-,40-,41-,42-,43?,44?,45?,46?,47?,48?,49?,50-,51-,52-,53-,54-,55-,56+/m1/s1. The summed E-state index contributed by atoms with van der Waals surface area (Å²) in [6, 6.07) is 0. The summed E-state index contributed by atoms with van der Waals surface area (Å²) in [5.41, 5.74) is 0. The second-order valence-corrected chi connectivity index (χ2v) is 23.0. The third-order valence-electron chi connectivity index (χ3n) is 17.6. The van der Waals surface area contributed by atoms with Crippen LogP contribution in [-0.4, -0.2) is 396 Å². The van der Waals surface area contributed by atoms with Gasteiger partial charge < -0.3 is 168 Å². The van der Waals surface area contributed by atoms with E-state index >= 15 is 0 Å². The Bertz CT molecular complexity index is 1680. The molecule has 21 saturated heterocycles. The number of methoxy groups -OCH3 is 14. The highest BCUT2D eigenvalue weighted by molar-refractivity contribution is 5.03. The van der Waals surface area contributed by atoms with Gasteiger partial charge in [-0.05, 0) is 0 Å². The lowest BCUT2D eigenvalue weighted by molar-refractivity contribution is -0.400. The van der Waals surface area contributed by atoms with Crippen LogP contribution in [-0.2, 0) is 133 Å². The van der Waals surface area contributed by atoms with E-state index < -0.39 is 215 Å². The molecule has 0 radical (unpaired) electrons. The number of rotatable bonds is 21. The molecular formula is C56H98O35. The molecular weight excluding hydrogens is 1230 g/mol. The van der Waals surface area contributed by atoms with Gasteiger partial charge in [-0.2, -0.15) is 0 Å². The summed E-state index contributed by atoms with van der Waals surface area (Å²) in [6.07, 6.45) is -49.4. The van der Waals surface area contributed by atoms with E-state index in [1.54, 1.807) is 0 Å². The molecule has 91 heavy (non-hydrogen) atoms. The fourth-order valence-corrected chi connectivity index (χ4v) is 13.1. The van der Waals surface area contributed by atoms with Crippen LogP contribution in [0.25, 0.3) is 0 Å². The summed E-state index contributed by atoms with van der Waals surface area (Å²) in [6.45, 7) is -1.59. The Balaban J connectivity index is 1.17. The van der Waals surface area contributed by atoms with Crippen molar-refractivity contribution in [1.29, 1.82) is 0 Å². The summed E-state index contributed by atoms with van der Waals surface area (Å²) in [7, 11) is 18.7. The second-order valence-electron chi connectivity index (χ2n) is 23.0. The third kappa shape index (κ3) is 16.3. The minimum absolute atomic E-state index is 0.227. The van der Waals surface area contributed by atoms with E-state index in [1.807, 2.05) is 0 Å². The topological polar surface area (TPSA) is 400 Å². The van der Waals surface area contributed by atoms with Gasteiger partial charge in [-0.25, -0.2) is 0 Å². The summed E-state index contributed by atoms with van der Waals surface area (Å²) in [5.74, 6) is 0. The molecule has 0 amide bonds. The van der Waals surface area contributed by atoms with Crippen LogP contribution in [0.5, 0.6) is 0 Å². The van der Waals surface area contributed by atoms with Gasteiger partial charge in [0.25, 0.3) is 0 Å². The van der Waals surface area contributed by atoms with Gasteiger partial charge in [0.2, 0.25) is 0 Å². The third-order valence-corrected chi connectivity index (χ3v) is 17.6. The number of hydrogen-bond acceptors (Lipinski definition) is 35. The maximum atomic E-state index is 12.3. The molecule has 0 saturated carbocycles. The normalized spacial score (nSPS) is 48.7. The van der Waals surface area contributed by atoms with E-state index in [-0.39, 0.29) is 46.2 Å². The number of aliphatic hydroxyl groups excluding tert-OH is 7. The van der Waals surface area contributed by atoms with Gasteiger partial charge in [-0.1, -0.05) is 0 Å². The quantitative estimate of drug-likeness (QED) is 0.0562. The first kappa shape index (κ1) is 75.4. The van der Waals surface area contributed by atoms with Crippen LogP contribution in [0.15, 0.2) is 0 Å². The van der Waals surface area contributed by atoms with Gasteiger partial charge in [0.15, 0.2) is 44.0 Å². The maximum Gasteiger partial charge on any atom is 0.187 e. The van der Waals surface area contributed by atoms with Crippen LogP contribution in [0.1, 0.15) is 0 Å². The highest BCUT2D eigenvalue weighted by atomic mass is 16.8. The molecule has 0 spiro atoms. The van der Waals surface area contributed by atoms with E-state index in [0.717, 1.165) is 0 Å². The Hall–Kier alpha value is -1.40. The molecule has 532 valence electrons. The van der Waals surface area contributed by atoms with E-state index in [1.165, 1.54) is 99.5 Å². The molecule has 21 heterocycles. The minimum Gasteiger partial charge on any atom is -0.387 e. The monoisotopic (exact) mass is 1330 g/mol. The zero-order valence-corrected chi connectivity index (χ0v) is 53.7. The van der Waals surface area contributed by atoms with Crippen molar-refractivity contribution in [2.24, 2.45) is 0 Å². The molecule has 35 heteroatoms. The number of hydrogen-bond donors (Lipinski definition) is 7. The zero-order valence-electron chi connectivity index (χ0n) is 53.7. The fraction of sp³-hybridized carbons (Fsp3) is 1.00. The lowest BCUT2D eigenvalue weighted by Crippen LogP contribution is -2.69. The van der Waals surface area contributed by atoms with Gasteiger partial charge in [0.05, 0.1) is 46.2 Å². The molecule has 21 aliphatic rings. The summed E-state index contributed by atoms with van der Waals surface area (Å²) >= 11 is 0. The SMILES string of the molecule is COCC1O[C@@H]2O[C@@H]3C(COC)O[C@H](O[C@@H]4C(COC)O[C@H](O[C@@H]5C(COC)O[C@@H](O[C@@H]6C(COC)O[C@H](O[C@@H]7C(COC)O[C@H](O[C@@H]8C(COC)O[C@H](O[C@H]1[C@@H](O)C2OC)C(OC)[C@@H]8O)C(OC)[C@@H]7O)C(OC)[C@@H]6O)C(OC)[C@@H]5O)C(OC)[C@@H]4O)C(OC)[C@@H]3O. The molecule has 14 bridgehead atoms. The van der Waals surface area contributed by atoms with Gasteiger partial charge in [-0.3, -0.25) is 0 Å². The highest BCUT2D eigenvalue weighted by Gasteiger charge is 2.61. The van der Waals surface area contributed by atoms with Crippen molar-refractivity contribution in [2.45, 2.75) is 215 Å². The van der Waals surface area contributed by atoms with E-state index in [2.05, 4.69) is 0 Å². The first-order valence-electron chi connectivity index (χ1n) is 30.0. The van der Waals surface area contributed by atoms with E-state index in [9.17, 15) is 35.7 Å². The summed E-state index contributed by atoms with van der Waals surface area (Å²) < 4.78 is 171. The first-order chi connectivity index (χ1) is 43.9. The maximum absolute atomic E-state index is 12.3. The van der Waals surface area contributed by atoms with Crippen LogP contribution in [0.4, 0.5) is 0 Å². The summed E-state index contributed by atoms with van der Waals surface area (Å²) in [5, 5.41) is 86.2.